The summed E-state index contributed by atoms with van der Waals surface area (Å²) >= 11 is 0. The molecule has 1 heterocycles. The minimum absolute atomic E-state index is 0.0324. The Hall–Kier alpha value is -3.02. The number of nitrogens with one attached hydrogen (secondary N) is 1. The summed E-state index contributed by atoms with van der Waals surface area (Å²) in [4.78, 5) is 27.7. The Balaban J connectivity index is 1.72. The maximum absolute atomic E-state index is 13.2. The van der Waals surface area contributed by atoms with Crippen LogP contribution in [0.5, 0.6) is 11.5 Å². The SMILES string of the molecule is CCCNC(=O)[C@H](CC)N(Cc1ccccc1)C(=O)CCc1ccc2c(c1)OCO2. The van der Waals surface area contributed by atoms with Gasteiger partial charge in [-0.05, 0) is 42.5 Å². The van der Waals surface area contributed by atoms with Gasteiger partial charge in [-0.25, -0.2) is 0 Å². The van der Waals surface area contributed by atoms with Gasteiger partial charge in [-0.3, -0.25) is 9.59 Å². The molecule has 0 fully saturated rings. The molecule has 3 rings (SSSR count). The van der Waals surface area contributed by atoms with Crippen molar-refractivity contribution in [2.24, 2.45) is 0 Å². The van der Waals surface area contributed by atoms with Gasteiger partial charge >= 0.3 is 0 Å². The summed E-state index contributed by atoms with van der Waals surface area (Å²) in [6, 6.07) is 15.1. The second-order valence-electron chi connectivity index (χ2n) is 7.41. The minimum Gasteiger partial charge on any atom is -0.454 e. The van der Waals surface area contributed by atoms with Crippen molar-refractivity contribution in [2.75, 3.05) is 13.3 Å². The zero-order valence-electron chi connectivity index (χ0n) is 17.7. The summed E-state index contributed by atoms with van der Waals surface area (Å²) in [6.07, 6.45) is 2.33. The van der Waals surface area contributed by atoms with Crippen LogP contribution in [0.1, 0.15) is 44.2 Å². The molecule has 2 amide bonds. The number of ether oxygens (including phenoxy) is 2. The number of fused-ring (bicyclic) bond motifs is 1. The zero-order chi connectivity index (χ0) is 21.3. The van der Waals surface area contributed by atoms with Crippen molar-refractivity contribution in [3.8, 4) is 11.5 Å². The zero-order valence-corrected chi connectivity index (χ0v) is 17.7. The summed E-state index contributed by atoms with van der Waals surface area (Å²) < 4.78 is 10.8. The van der Waals surface area contributed by atoms with E-state index in [9.17, 15) is 9.59 Å². The Morgan fingerprint density at radius 1 is 1.03 bits per heavy atom. The second kappa shape index (κ2) is 10.7. The second-order valence-corrected chi connectivity index (χ2v) is 7.41. The van der Waals surface area contributed by atoms with Crippen LogP contribution < -0.4 is 14.8 Å². The first-order valence-electron chi connectivity index (χ1n) is 10.6. The lowest BCUT2D eigenvalue weighted by Crippen LogP contribution is -2.49. The van der Waals surface area contributed by atoms with Crippen molar-refractivity contribution in [3.05, 3.63) is 59.7 Å². The number of rotatable bonds is 10. The van der Waals surface area contributed by atoms with E-state index in [1.165, 1.54) is 0 Å². The molecule has 0 aliphatic carbocycles. The van der Waals surface area contributed by atoms with Crippen molar-refractivity contribution in [1.29, 1.82) is 0 Å². The van der Waals surface area contributed by atoms with Gasteiger partial charge < -0.3 is 19.7 Å². The molecule has 0 unspecified atom stereocenters. The van der Waals surface area contributed by atoms with E-state index in [0.29, 0.717) is 38.1 Å². The van der Waals surface area contributed by atoms with Crippen LogP contribution in [0.4, 0.5) is 0 Å². The number of hydrogen-bond acceptors (Lipinski definition) is 4. The van der Waals surface area contributed by atoms with E-state index < -0.39 is 6.04 Å². The fourth-order valence-electron chi connectivity index (χ4n) is 3.56. The standard InChI is InChI=1S/C24H30N2O4/c1-3-14-25-24(28)20(4-2)26(16-19-8-6-5-7-9-19)23(27)13-11-18-10-12-21-22(15-18)30-17-29-21/h5-10,12,15,20H,3-4,11,13-14,16-17H2,1-2H3,(H,25,28)/t20-/m0/s1. The lowest BCUT2D eigenvalue weighted by Gasteiger charge is -2.30. The molecule has 0 saturated carbocycles. The van der Waals surface area contributed by atoms with Gasteiger partial charge in [0, 0.05) is 19.5 Å². The molecule has 0 aromatic heterocycles. The molecule has 1 aliphatic heterocycles. The van der Waals surface area contributed by atoms with E-state index in [2.05, 4.69) is 5.32 Å². The third-order valence-electron chi connectivity index (χ3n) is 5.20. The van der Waals surface area contributed by atoms with Gasteiger partial charge in [0.15, 0.2) is 11.5 Å². The Morgan fingerprint density at radius 3 is 2.53 bits per heavy atom. The molecule has 0 radical (unpaired) electrons. The van der Waals surface area contributed by atoms with Crippen molar-refractivity contribution < 1.29 is 19.1 Å². The Morgan fingerprint density at radius 2 is 1.80 bits per heavy atom. The van der Waals surface area contributed by atoms with Crippen LogP contribution >= 0.6 is 0 Å². The van der Waals surface area contributed by atoms with E-state index in [-0.39, 0.29) is 18.6 Å². The van der Waals surface area contributed by atoms with Gasteiger partial charge in [-0.1, -0.05) is 50.2 Å². The number of nitrogens with zero attached hydrogens (tertiary/aromatic N) is 1. The summed E-state index contributed by atoms with van der Waals surface area (Å²) in [5.74, 6) is 1.32. The van der Waals surface area contributed by atoms with Crippen LogP contribution in [0.3, 0.4) is 0 Å². The van der Waals surface area contributed by atoms with Gasteiger partial charge in [-0.2, -0.15) is 0 Å². The van der Waals surface area contributed by atoms with E-state index in [0.717, 1.165) is 23.3 Å². The van der Waals surface area contributed by atoms with Crippen molar-refractivity contribution in [3.63, 3.8) is 0 Å². The highest BCUT2D eigenvalue weighted by molar-refractivity contribution is 5.87. The highest BCUT2D eigenvalue weighted by Gasteiger charge is 2.28. The van der Waals surface area contributed by atoms with Crippen molar-refractivity contribution >= 4 is 11.8 Å². The molecular formula is C24H30N2O4. The van der Waals surface area contributed by atoms with Crippen LogP contribution in [-0.4, -0.2) is 36.1 Å². The van der Waals surface area contributed by atoms with E-state index in [4.69, 9.17) is 9.47 Å². The molecule has 160 valence electrons. The van der Waals surface area contributed by atoms with E-state index >= 15 is 0 Å². The molecule has 2 aromatic carbocycles. The number of carbonyl (C=O) groups is 2. The van der Waals surface area contributed by atoms with Crippen molar-refractivity contribution in [1.82, 2.24) is 10.2 Å². The fourth-order valence-corrected chi connectivity index (χ4v) is 3.56. The molecule has 0 bridgehead atoms. The molecule has 30 heavy (non-hydrogen) atoms. The molecule has 6 heteroatoms. The van der Waals surface area contributed by atoms with Crippen molar-refractivity contribution in [2.45, 2.75) is 52.1 Å². The largest absolute Gasteiger partial charge is 0.454 e. The predicted molar refractivity (Wildman–Crippen MR) is 115 cm³/mol. The first kappa shape index (κ1) is 21.7. The first-order chi connectivity index (χ1) is 14.6. The number of hydrogen-bond donors (Lipinski definition) is 1. The lowest BCUT2D eigenvalue weighted by atomic mass is 10.1. The molecular weight excluding hydrogens is 380 g/mol. The van der Waals surface area contributed by atoms with Gasteiger partial charge in [0.1, 0.15) is 6.04 Å². The Bertz CT molecular complexity index is 854. The van der Waals surface area contributed by atoms with Gasteiger partial charge in [0.25, 0.3) is 0 Å². The normalized spacial score (nSPS) is 13.0. The van der Waals surface area contributed by atoms with Crippen LogP contribution in [0.2, 0.25) is 0 Å². The number of aryl methyl sites for hydroxylation is 1. The van der Waals surface area contributed by atoms with Gasteiger partial charge in [0.05, 0.1) is 0 Å². The van der Waals surface area contributed by atoms with Crippen LogP contribution in [0, 0.1) is 0 Å². The highest BCUT2D eigenvalue weighted by Crippen LogP contribution is 2.32. The fraction of sp³-hybridized carbons (Fsp3) is 0.417. The maximum Gasteiger partial charge on any atom is 0.242 e. The quantitative estimate of drug-likeness (QED) is 0.649. The summed E-state index contributed by atoms with van der Waals surface area (Å²) in [6.45, 7) is 5.21. The molecule has 0 saturated heterocycles. The summed E-state index contributed by atoms with van der Waals surface area (Å²) in [5.41, 5.74) is 2.02. The first-order valence-corrected chi connectivity index (χ1v) is 10.6. The van der Waals surface area contributed by atoms with Crippen LogP contribution in [-0.2, 0) is 22.6 Å². The maximum atomic E-state index is 13.2. The smallest absolute Gasteiger partial charge is 0.242 e. The topological polar surface area (TPSA) is 67.9 Å². The van der Waals surface area contributed by atoms with Crippen LogP contribution in [0.15, 0.2) is 48.5 Å². The van der Waals surface area contributed by atoms with Gasteiger partial charge in [0.2, 0.25) is 18.6 Å². The average molecular weight is 411 g/mol. The van der Waals surface area contributed by atoms with Gasteiger partial charge in [-0.15, -0.1) is 0 Å². The average Bonchev–Trinajstić information content (AvgIpc) is 3.24. The molecule has 0 spiro atoms. The summed E-state index contributed by atoms with van der Waals surface area (Å²) in [5, 5.41) is 2.94. The third-order valence-corrected chi connectivity index (χ3v) is 5.20. The minimum atomic E-state index is -0.485. The number of carbonyl (C=O) groups excluding carboxylic acids is 2. The lowest BCUT2D eigenvalue weighted by molar-refractivity contribution is -0.141. The van der Waals surface area contributed by atoms with E-state index in [1.807, 2.05) is 62.4 Å². The molecule has 1 atom stereocenters. The number of amides is 2. The summed E-state index contributed by atoms with van der Waals surface area (Å²) in [7, 11) is 0. The third kappa shape index (κ3) is 5.53. The predicted octanol–water partition coefficient (Wildman–Crippen LogP) is 3.68. The van der Waals surface area contributed by atoms with E-state index in [1.54, 1.807) is 4.90 Å². The monoisotopic (exact) mass is 410 g/mol. The Kier molecular flexibility index (Phi) is 7.71. The Labute approximate surface area is 178 Å². The molecule has 2 aromatic rings. The highest BCUT2D eigenvalue weighted by atomic mass is 16.7. The molecule has 1 N–H and O–H groups in total. The molecule has 6 nitrogen and oxygen atoms in total. The van der Waals surface area contributed by atoms with Crippen LogP contribution in [0.25, 0.3) is 0 Å². The molecule has 1 aliphatic rings. The number of benzene rings is 2.